The Labute approximate surface area is 169 Å². The van der Waals surface area contributed by atoms with Crippen molar-refractivity contribution < 1.29 is 0 Å². The van der Waals surface area contributed by atoms with Gasteiger partial charge in [0.05, 0.1) is 18.1 Å². The molecule has 7 nitrogen and oxygen atoms in total. The summed E-state index contributed by atoms with van der Waals surface area (Å²) < 4.78 is 1.83. The van der Waals surface area contributed by atoms with Gasteiger partial charge in [0.1, 0.15) is 6.33 Å². The highest BCUT2D eigenvalue weighted by Crippen LogP contribution is 2.35. The number of aromatic amines is 1. The molecule has 0 bridgehead atoms. The van der Waals surface area contributed by atoms with Crippen molar-refractivity contribution in [1.29, 1.82) is 5.26 Å². The molecule has 1 N–H and O–H groups in total. The van der Waals surface area contributed by atoms with Crippen LogP contribution in [0, 0.1) is 25.2 Å². The van der Waals surface area contributed by atoms with Crippen LogP contribution in [0.25, 0.3) is 27.7 Å². The fourth-order valence-electron chi connectivity index (χ4n) is 4.53. The minimum absolute atomic E-state index is 0.467. The Hall–Kier alpha value is -3.24. The zero-order valence-electron chi connectivity index (χ0n) is 16.7. The van der Waals surface area contributed by atoms with E-state index in [1.165, 1.54) is 22.2 Å². The quantitative estimate of drug-likeness (QED) is 0.545. The van der Waals surface area contributed by atoms with Crippen LogP contribution in [-0.4, -0.2) is 49.3 Å². The lowest BCUT2D eigenvalue weighted by Crippen LogP contribution is -2.33. The van der Waals surface area contributed by atoms with Crippen molar-refractivity contribution in [3.8, 4) is 17.2 Å². The minimum atomic E-state index is 0.467. The van der Waals surface area contributed by atoms with Gasteiger partial charge in [0.25, 0.3) is 0 Å². The predicted molar refractivity (Wildman–Crippen MR) is 112 cm³/mol. The van der Waals surface area contributed by atoms with Gasteiger partial charge in [0.2, 0.25) is 0 Å². The third-order valence-electron chi connectivity index (χ3n) is 6.09. The van der Waals surface area contributed by atoms with Gasteiger partial charge >= 0.3 is 0 Å². The minimum Gasteiger partial charge on any atom is -0.291 e. The average molecular weight is 385 g/mol. The van der Waals surface area contributed by atoms with Crippen molar-refractivity contribution in [2.24, 2.45) is 0 Å². The highest BCUT2D eigenvalue weighted by atomic mass is 15.3. The molecular weight excluding hydrogens is 362 g/mol. The summed E-state index contributed by atoms with van der Waals surface area (Å²) in [6.07, 6.45) is 5.73. The van der Waals surface area contributed by atoms with Crippen molar-refractivity contribution in [1.82, 2.24) is 29.7 Å². The third kappa shape index (κ3) is 3.06. The van der Waals surface area contributed by atoms with E-state index in [4.69, 9.17) is 5.26 Å². The average Bonchev–Trinajstić information content (AvgIpc) is 3.35. The summed E-state index contributed by atoms with van der Waals surface area (Å²) in [5, 5.41) is 22.4. The smallest absolute Gasteiger partial charge is 0.158 e. The first-order valence-electron chi connectivity index (χ1n) is 10.0. The second kappa shape index (κ2) is 6.98. The summed E-state index contributed by atoms with van der Waals surface area (Å²) in [7, 11) is 0. The van der Waals surface area contributed by atoms with Crippen molar-refractivity contribution in [2.75, 3.05) is 19.6 Å². The maximum absolute atomic E-state index is 8.91. The number of benzene rings is 1. The SMILES string of the molecule is Cc1cc2c(C3CCN(CC#N)CC3)[nH]nc2cc1-c1cc(C)c2ncnn2c1. The Kier molecular flexibility index (Phi) is 4.29. The van der Waals surface area contributed by atoms with Crippen LogP contribution in [0.5, 0.6) is 0 Å². The largest absolute Gasteiger partial charge is 0.291 e. The van der Waals surface area contributed by atoms with Gasteiger partial charge in [-0.15, -0.1) is 0 Å². The Morgan fingerprint density at radius 1 is 1.17 bits per heavy atom. The number of H-pyrrole nitrogens is 1. The van der Waals surface area contributed by atoms with E-state index in [9.17, 15) is 0 Å². The Morgan fingerprint density at radius 2 is 2.00 bits per heavy atom. The number of hydrogen-bond donors (Lipinski definition) is 1. The Morgan fingerprint density at radius 3 is 2.79 bits per heavy atom. The molecule has 29 heavy (non-hydrogen) atoms. The van der Waals surface area contributed by atoms with Gasteiger partial charge in [-0.1, -0.05) is 0 Å². The maximum Gasteiger partial charge on any atom is 0.158 e. The van der Waals surface area contributed by atoms with Gasteiger partial charge < -0.3 is 0 Å². The summed E-state index contributed by atoms with van der Waals surface area (Å²) in [6, 6.07) is 8.85. The van der Waals surface area contributed by atoms with Crippen LogP contribution in [0.2, 0.25) is 0 Å². The van der Waals surface area contributed by atoms with Crippen LogP contribution in [0.4, 0.5) is 0 Å². The molecule has 1 aliphatic rings. The molecule has 1 aliphatic heterocycles. The first-order chi connectivity index (χ1) is 14.1. The number of nitriles is 1. The standard InChI is InChI=1S/C22H23N7/c1-14-10-19-20(26-27-21(19)16-3-6-28(7-4-16)8-5-23)11-18(14)17-9-15(2)22-24-13-25-29(22)12-17/h9-13,16H,3-4,6-8H2,1-2H3,(H,26,27). The molecule has 0 spiro atoms. The van der Waals surface area contributed by atoms with E-state index >= 15 is 0 Å². The topological polar surface area (TPSA) is 85.9 Å². The second-order valence-electron chi connectivity index (χ2n) is 7.97. The fraction of sp³-hybridized carbons (Fsp3) is 0.364. The second-order valence-corrected chi connectivity index (χ2v) is 7.97. The summed E-state index contributed by atoms with van der Waals surface area (Å²) in [4.78, 5) is 6.53. The number of aromatic nitrogens is 5. The molecule has 4 heterocycles. The monoisotopic (exact) mass is 385 g/mol. The molecule has 7 heteroatoms. The van der Waals surface area contributed by atoms with E-state index in [-0.39, 0.29) is 0 Å². The molecule has 0 saturated carbocycles. The number of likely N-dealkylation sites (tertiary alicyclic amines) is 1. The number of nitrogens with zero attached hydrogens (tertiary/aromatic N) is 6. The van der Waals surface area contributed by atoms with Crippen LogP contribution >= 0.6 is 0 Å². The number of pyridine rings is 1. The van der Waals surface area contributed by atoms with Crippen molar-refractivity contribution in [2.45, 2.75) is 32.6 Å². The van der Waals surface area contributed by atoms with Gasteiger partial charge in [-0.05, 0) is 74.7 Å². The Bertz CT molecular complexity index is 1240. The summed E-state index contributed by atoms with van der Waals surface area (Å²) >= 11 is 0. The van der Waals surface area contributed by atoms with E-state index in [2.05, 4.69) is 63.3 Å². The van der Waals surface area contributed by atoms with E-state index in [1.807, 2.05) is 10.7 Å². The van der Waals surface area contributed by atoms with Crippen LogP contribution in [0.3, 0.4) is 0 Å². The van der Waals surface area contributed by atoms with E-state index in [1.54, 1.807) is 6.33 Å². The van der Waals surface area contributed by atoms with Gasteiger partial charge in [0.15, 0.2) is 5.65 Å². The molecular formula is C22H23N7. The summed E-state index contributed by atoms with van der Waals surface area (Å²) in [5.41, 5.74) is 7.73. The molecule has 1 fully saturated rings. The fourth-order valence-corrected chi connectivity index (χ4v) is 4.53. The molecule has 0 radical (unpaired) electrons. The van der Waals surface area contributed by atoms with Crippen LogP contribution < -0.4 is 0 Å². The zero-order chi connectivity index (χ0) is 20.0. The molecule has 0 unspecified atom stereocenters. The normalized spacial score (nSPS) is 15.9. The van der Waals surface area contributed by atoms with Crippen LogP contribution in [-0.2, 0) is 0 Å². The zero-order valence-corrected chi connectivity index (χ0v) is 16.7. The summed E-state index contributed by atoms with van der Waals surface area (Å²) in [5.74, 6) is 0.467. The number of nitrogens with one attached hydrogen (secondary N) is 1. The third-order valence-corrected chi connectivity index (χ3v) is 6.09. The van der Waals surface area contributed by atoms with Crippen molar-refractivity contribution in [3.05, 3.63) is 47.5 Å². The lowest BCUT2D eigenvalue weighted by atomic mass is 9.90. The number of aryl methyl sites for hydroxylation is 2. The van der Waals surface area contributed by atoms with Gasteiger partial charge in [0, 0.05) is 28.8 Å². The molecule has 5 rings (SSSR count). The van der Waals surface area contributed by atoms with E-state index < -0.39 is 0 Å². The van der Waals surface area contributed by atoms with Crippen molar-refractivity contribution in [3.63, 3.8) is 0 Å². The Balaban J connectivity index is 1.51. The van der Waals surface area contributed by atoms with Crippen molar-refractivity contribution >= 4 is 16.6 Å². The molecule has 3 aromatic heterocycles. The molecule has 0 amide bonds. The predicted octanol–water partition coefficient (Wildman–Crippen LogP) is 3.59. The first kappa shape index (κ1) is 17.8. The molecule has 0 atom stereocenters. The highest BCUT2D eigenvalue weighted by Gasteiger charge is 2.24. The number of hydrogen-bond acceptors (Lipinski definition) is 5. The van der Waals surface area contributed by atoms with Crippen LogP contribution in [0.1, 0.15) is 35.6 Å². The highest BCUT2D eigenvalue weighted by molar-refractivity contribution is 5.88. The van der Waals surface area contributed by atoms with E-state index in [0.29, 0.717) is 12.5 Å². The molecule has 146 valence electrons. The maximum atomic E-state index is 8.91. The van der Waals surface area contributed by atoms with Gasteiger partial charge in [-0.3, -0.25) is 10.00 Å². The number of rotatable bonds is 3. The molecule has 0 aliphatic carbocycles. The molecule has 1 aromatic carbocycles. The lowest BCUT2D eigenvalue weighted by Gasteiger charge is -2.29. The van der Waals surface area contributed by atoms with E-state index in [0.717, 1.165) is 48.2 Å². The van der Waals surface area contributed by atoms with Crippen LogP contribution in [0.15, 0.2) is 30.7 Å². The van der Waals surface area contributed by atoms with Gasteiger partial charge in [-0.2, -0.15) is 15.5 Å². The first-order valence-corrected chi connectivity index (χ1v) is 10.0. The lowest BCUT2D eigenvalue weighted by molar-refractivity contribution is 0.233. The molecule has 4 aromatic rings. The number of fused-ring (bicyclic) bond motifs is 2. The van der Waals surface area contributed by atoms with Gasteiger partial charge in [-0.25, -0.2) is 9.50 Å². The molecule has 1 saturated heterocycles. The summed E-state index contributed by atoms with van der Waals surface area (Å²) in [6.45, 7) is 6.67. The number of piperidine rings is 1.